The number of methoxy groups -OCH3 is 1. The average Bonchev–Trinajstić information content (AvgIpc) is 2.38. The Morgan fingerprint density at radius 2 is 2.00 bits per heavy atom. The highest BCUT2D eigenvalue weighted by atomic mass is 16.5. The van der Waals surface area contributed by atoms with Gasteiger partial charge in [0.1, 0.15) is 5.69 Å². The van der Waals surface area contributed by atoms with Crippen molar-refractivity contribution in [3.63, 3.8) is 0 Å². The molecule has 4 heteroatoms. The van der Waals surface area contributed by atoms with E-state index in [2.05, 4.69) is 16.0 Å². The molecule has 0 aliphatic rings. The van der Waals surface area contributed by atoms with Crippen LogP contribution >= 0.6 is 0 Å². The number of hydrogen-bond acceptors (Lipinski definition) is 4. The summed E-state index contributed by atoms with van der Waals surface area (Å²) in [5.74, 6) is 0.521. The van der Waals surface area contributed by atoms with E-state index >= 15 is 0 Å². The van der Waals surface area contributed by atoms with Gasteiger partial charge in [0.15, 0.2) is 0 Å². The van der Waals surface area contributed by atoms with E-state index < -0.39 is 0 Å². The van der Waals surface area contributed by atoms with Crippen molar-refractivity contribution in [2.24, 2.45) is 5.73 Å². The minimum absolute atomic E-state index is 0.468. The lowest BCUT2D eigenvalue weighted by atomic mass is 10.0. The molecule has 0 aliphatic carbocycles. The molecule has 0 fully saturated rings. The van der Waals surface area contributed by atoms with Crippen LogP contribution in [-0.2, 0) is 6.54 Å². The number of nitrogens with two attached hydrogens (primary N) is 1. The number of aryl methyl sites for hydroxylation is 1. The molecule has 0 unspecified atom stereocenters. The van der Waals surface area contributed by atoms with Crippen LogP contribution < -0.4 is 10.5 Å². The van der Waals surface area contributed by atoms with Gasteiger partial charge in [-0.1, -0.05) is 17.7 Å². The number of aromatic nitrogens is 2. The lowest BCUT2D eigenvalue weighted by Crippen LogP contribution is -2.02. The van der Waals surface area contributed by atoms with Gasteiger partial charge < -0.3 is 10.5 Å². The van der Waals surface area contributed by atoms with Crippen molar-refractivity contribution in [2.75, 3.05) is 7.11 Å². The van der Waals surface area contributed by atoms with Gasteiger partial charge in [0.2, 0.25) is 5.88 Å². The van der Waals surface area contributed by atoms with Crippen LogP contribution in [-0.4, -0.2) is 17.1 Å². The lowest BCUT2D eigenvalue weighted by molar-refractivity contribution is 0.397. The third kappa shape index (κ3) is 2.26. The first-order chi connectivity index (χ1) is 8.26. The van der Waals surface area contributed by atoms with Crippen LogP contribution in [0.5, 0.6) is 5.88 Å². The van der Waals surface area contributed by atoms with Gasteiger partial charge in [0.05, 0.1) is 7.11 Å². The zero-order chi connectivity index (χ0) is 12.3. The summed E-state index contributed by atoms with van der Waals surface area (Å²) in [6.45, 7) is 2.50. The molecular weight excluding hydrogens is 214 g/mol. The third-order valence-electron chi connectivity index (χ3n) is 2.60. The minimum Gasteiger partial charge on any atom is -0.479 e. The first kappa shape index (κ1) is 11.5. The van der Waals surface area contributed by atoms with E-state index in [1.807, 2.05) is 19.1 Å². The Hall–Kier alpha value is -1.94. The van der Waals surface area contributed by atoms with Crippen molar-refractivity contribution < 1.29 is 4.74 Å². The molecule has 4 nitrogen and oxygen atoms in total. The van der Waals surface area contributed by atoms with Crippen LogP contribution in [0.2, 0.25) is 0 Å². The van der Waals surface area contributed by atoms with E-state index in [-0.39, 0.29) is 0 Å². The summed E-state index contributed by atoms with van der Waals surface area (Å²) >= 11 is 0. The Morgan fingerprint density at radius 3 is 2.71 bits per heavy atom. The van der Waals surface area contributed by atoms with Crippen molar-refractivity contribution >= 4 is 0 Å². The van der Waals surface area contributed by atoms with E-state index in [9.17, 15) is 0 Å². The summed E-state index contributed by atoms with van der Waals surface area (Å²) in [6.07, 6.45) is 3.26. The van der Waals surface area contributed by atoms with E-state index in [0.717, 1.165) is 22.4 Å². The summed E-state index contributed by atoms with van der Waals surface area (Å²) < 4.78 is 5.22. The maximum absolute atomic E-state index is 5.74. The fourth-order valence-electron chi connectivity index (χ4n) is 1.75. The molecule has 0 saturated heterocycles. The minimum atomic E-state index is 0.468. The van der Waals surface area contributed by atoms with Crippen molar-refractivity contribution in [2.45, 2.75) is 13.5 Å². The first-order valence-corrected chi connectivity index (χ1v) is 5.41. The van der Waals surface area contributed by atoms with Gasteiger partial charge in [-0.25, -0.2) is 9.97 Å². The highest BCUT2D eigenvalue weighted by Crippen LogP contribution is 2.28. The fraction of sp³-hybridized carbons (Fsp3) is 0.231. The molecule has 2 N–H and O–H groups in total. The molecule has 17 heavy (non-hydrogen) atoms. The van der Waals surface area contributed by atoms with Crippen molar-refractivity contribution in [1.82, 2.24) is 9.97 Å². The van der Waals surface area contributed by atoms with E-state index in [1.54, 1.807) is 19.5 Å². The van der Waals surface area contributed by atoms with Gasteiger partial charge in [-0.3, -0.25) is 0 Å². The molecule has 2 aromatic rings. The van der Waals surface area contributed by atoms with E-state index in [4.69, 9.17) is 10.5 Å². The van der Waals surface area contributed by atoms with Crippen LogP contribution in [0.25, 0.3) is 11.3 Å². The van der Waals surface area contributed by atoms with Crippen LogP contribution in [0, 0.1) is 6.92 Å². The predicted molar refractivity (Wildman–Crippen MR) is 66.6 cm³/mol. The molecule has 0 saturated carbocycles. The zero-order valence-corrected chi connectivity index (χ0v) is 9.97. The Kier molecular flexibility index (Phi) is 3.35. The van der Waals surface area contributed by atoms with Crippen LogP contribution in [0.1, 0.15) is 11.1 Å². The lowest BCUT2D eigenvalue weighted by Gasteiger charge is -2.10. The maximum atomic E-state index is 5.74. The highest BCUT2D eigenvalue weighted by Gasteiger charge is 2.11. The molecule has 0 atom stereocenters. The smallest absolute Gasteiger partial charge is 0.240 e. The third-order valence-corrected chi connectivity index (χ3v) is 2.60. The SMILES string of the molecule is COc1nccnc1-c1cc(C)ccc1CN. The number of rotatable bonds is 3. The van der Waals surface area contributed by atoms with Gasteiger partial charge in [-0.05, 0) is 18.6 Å². The average molecular weight is 229 g/mol. The largest absolute Gasteiger partial charge is 0.479 e. The second kappa shape index (κ2) is 4.93. The molecule has 1 heterocycles. The monoisotopic (exact) mass is 229 g/mol. The summed E-state index contributed by atoms with van der Waals surface area (Å²) in [5.41, 5.74) is 9.65. The highest BCUT2D eigenvalue weighted by molar-refractivity contribution is 5.68. The van der Waals surface area contributed by atoms with Crippen LogP contribution in [0.15, 0.2) is 30.6 Å². The summed E-state index contributed by atoms with van der Waals surface area (Å²) in [6, 6.07) is 6.10. The molecule has 0 aliphatic heterocycles. The molecule has 0 spiro atoms. The second-order valence-electron chi connectivity index (χ2n) is 3.78. The summed E-state index contributed by atoms with van der Waals surface area (Å²) in [4.78, 5) is 8.48. The van der Waals surface area contributed by atoms with Crippen molar-refractivity contribution in [3.8, 4) is 17.1 Å². The van der Waals surface area contributed by atoms with Crippen molar-refractivity contribution in [3.05, 3.63) is 41.7 Å². The Balaban J connectivity index is 2.62. The number of ether oxygens (including phenoxy) is 1. The summed E-state index contributed by atoms with van der Waals surface area (Å²) in [5, 5.41) is 0. The van der Waals surface area contributed by atoms with Crippen LogP contribution in [0.4, 0.5) is 0 Å². The number of benzene rings is 1. The maximum Gasteiger partial charge on any atom is 0.240 e. The second-order valence-corrected chi connectivity index (χ2v) is 3.78. The topological polar surface area (TPSA) is 61.0 Å². The molecule has 2 rings (SSSR count). The van der Waals surface area contributed by atoms with Gasteiger partial charge in [0, 0.05) is 24.5 Å². The van der Waals surface area contributed by atoms with E-state index in [1.165, 1.54) is 0 Å². The van der Waals surface area contributed by atoms with E-state index in [0.29, 0.717) is 12.4 Å². The standard InChI is InChI=1S/C13H15N3O/c1-9-3-4-10(8-14)11(7-9)12-13(17-2)16-6-5-15-12/h3-7H,8,14H2,1-2H3. The Morgan fingerprint density at radius 1 is 1.24 bits per heavy atom. The van der Waals surface area contributed by atoms with Gasteiger partial charge in [-0.2, -0.15) is 0 Å². The van der Waals surface area contributed by atoms with Gasteiger partial charge >= 0.3 is 0 Å². The molecule has 0 radical (unpaired) electrons. The number of hydrogen-bond donors (Lipinski definition) is 1. The molecule has 1 aromatic carbocycles. The Labute approximate surface area is 100 Å². The Bertz CT molecular complexity index is 526. The van der Waals surface area contributed by atoms with Gasteiger partial charge in [0.25, 0.3) is 0 Å². The summed E-state index contributed by atoms with van der Waals surface area (Å²) in [7, 11) is 1.59. The molecule has 0 bridgehead atoms. The molecule has 0 amide bonds. The normalized spacial score (nSPS) is 10.3. The van der Waals surface area contributed by atoms with Gasteiger partial charge in [-0.15, -0.1) is 0 Å². The fourth-order valence-corrected chi connectivity index (χ4v) is 1.75. The van der Waals surface area contributed by atoms with Crippen LogP contribution in [0.3, 0.4) is 0 Å². The quantitative estimate of drug-likeness (QED) is 0.873. The molecule has 1 aromatic heterocycles. The number of nitrogens with zero attached hydrogens (tertiary/aromatic N) is 2. The predicted octanol–water partition coefficient (Wildman–Crippen LogP) is 1.92. The molecular formula is C13H15N3O. The first-order valence-electron chi connectivity index (χ1n) is 5.41. The molecule has 88 valence electrons. The van der Waals surface area contributed by atoms with Crippen molar-refractivity contribution in [1.29, 1.82) is 0 Å². The zero-order valence-electron chi connectivity index (χ0n) is 9.97.